The van der Waals surface area contributed by atoms with Gasteiger partial charge in [-0.25, -0.2) is 4.98 Å². The smallest absolute Gasteiger partial charge is 0.224 e. The quantitative estimate of drug-likeness (QED) is 0.326. The van der Waals surface area contributed by atoms with Gasteiger partial charge in [-0.05, 0) is 24.7 Å². The molecule has 0 aliphatic heterocycles. The second-order valence-corrected chi connectivity index (χ2v) is 10.2. The highest BCUT2D eigenvalue weighted by Gasteiger charge is 2.33. The summed E-state index contributed by atoms with van der Waals surface area (Å²) in [7, 11) is 0. The molecule has 2 amide bonds. The van der Waals surface area contributed by atoms with E-state index in [0.717, 1.165) is 25.7 Å². The number of hydrogen-bond donors (Lipinski definition) is 5. The summed E-state index contributed by atoms with van der Waals surface area (Å²) in [5.41, 5.74) is 11.7. The highest BCUT2D eigenvalue weighted by molar-refractivity contribution is 7.13. The summed E-state index contributed by atoms with van der Waals surface area (Å²) in [4.78, 5) is 28.9. The summed E-state index contributed by atoms with van der Waals surface area (Å²) in [6.45, 7) is 3.96. The first-order chi connectivity index (χ1) is 14.7. The van der Waals surface area contributed by atoms with E-state index in [0.29, 0.717) is 29.6 Å². The van der Waals surface area contributed by atoms with Crippen molar-refractivity contribution in [2.45, 2.75) is 89.9 Å². The fourth-order valence-corrected chi connectivity index (χ4v) is 5.00. The molecule has 1 saturated carbocycles. The average molecular weight is 455 g/mol. The Morgan fingerprint density at radius 1 is 1.26 bits per heavy atom. The number of aliphatic hydroxyl groups is 2. The number of amides is 2. The van der Waals surface area contributed by atoms with Gasteiger partial charge in [-0.2, -0.15) is 0 Å². The van der Waals surface area contributed by atoms with Crippen LogP contribution in [0.1, 0.15) is 70.9 Å². The van der Waals surface area contributed by atoms with Crippen molar-refractivity contribution < 1.29 is 19.8 Å². The van der Waals surface area contributed by atoms with E-state index < -0.39 is 30.1 Å². The molecule has 1 aromatic rings. The van der Waals surface area contributed by atoms with Gasteiger partial charge in [-0.1, -0.05) is 46.0 Å². The van der Waals surface area contributed by atoms with E-state index in [-0.39, 0.29) is 24.7 Å². The zero-order valence-electron chi connectivity index (χ0n) is 18.6. The third kappa shape index (κ3) is 8.74. The van der Waals surface area contributed by atoms with E-state index in [4.69, 9.17) is 11.5 Å². The predicted molar refractivity (Wildman–Crippen MR) is 122 cm³/mol. The van der Waals surface area contributed by atoms with Crippen molar-refractivity contribution in [3.63, 3.8) is 0 Å². The lowest BCUT2D eigenvalue weighted by Gasteiger charge is -2.33. The molecule has 0 saturated heterocycles. The first-order valence-electron chi connectivity index (χ1n) is 11.3. The molecule has 31 heavy (non-hydrogen) atoms. The molecular weight excluding hydrogens is 416 g/mol. The maximum atomic E-state index is 13.1. The number of carbonyl (C=O) groups excluding carboxylic acids is 2. The minimum Gasteiger partial charge on any atom is -0.390 e. The van der Waals surface area contributed by atoms with Crippen LogP contribution in [0.5, 0.6) is 0 Å². The largest absolute Gasteiger partial charge is 0.390 e. The molecule has 9 heteroatoms. The molecule has 0 spiro atoms. The van der Waals surface area contributed by atoms with Crippen LogP contribution in [0.25, 0.3) is 0 Å². The number of nitrogen functional groups attached to an aromatic ring is 1. The van der Waals surface area contributed by atoms with Crippen LogP contribution in [0.15, 0.2) is 5.38 Å². The number of carbonyl (C=O) groups is 2. The third-order valence-corrected chi connectivity index (χ3v) is 6.73. The van der Waals surface area contributed by atoms with E-state index in [1.807, 2.05) is 13.8 Å². The van der Waals surface area contributed by atoms with Crippen molar-refractivity contribution in [1.29, 1.82) is 0 Å². The number of nitrogens with two attached hydrogens (primary N) is 2. The summed E-state index contributed by atoms with van der Waals surface area (Å²) in [5.74, 6) is -1.03. The van der Waals surface area contributed by atoms with Gasteiger partial charge in [0.1, 0.15) is 6.10 Å². The number of thiazole rings is 1. The molecule has 176 valence electrons. The second kappa shape index (κ2) is 12.4. The monoisotopic (exact) mass is 454 g/mol. The molecular formula is C22H38N4O4S. The topological polar surface area (TPSA) is 152 Å². The van der Waals surface area contributed by atoms with Crippen molar-refractivity contribution in [3.05, 3.63) is 11.1 Å². The summed E-state index contributed by atoms with van der Waals surface area (Å²) in [6.07, 6.45) is 4.79. The van der Waals surface area contributed by atoms with E-state index in [1.54, 1.807) is 5.38 Å². The maximum absolute atomic E-state index is 13.1. The van der Waals surface area contributed by atoms with Crippen molar-refractivity contribution in [1.82, 2.24) is 10.3 Å². The lowest BCUT2D eigenvalue weighted by atomic mass is 9.82. The fraction of sp³-hybridized carbons (Fsp3) is 0.773. The Kier molecular flexibility index (Phi) is 10.2. The molecule has 7 N–H and O–H groups in total. The van der Waals surface area contributed by atoms with E-state index in [9.17, 15) is 19.8 Å². The number of anilines is 1. The average Bonchev–Trinajstić information content (AvgIpc) is 3.11. The number of rotatable bonds is 12. The SMILES string of the molecule is CC(C)C[C@H](O)[C@H](O)[C@H](CC1CCCCC1)NC(=O)[C@@H](CC(N)=O)Cc1csc(N)n1. The van der Waals surface area contributed by atoms with E-state index in [2.05, 4.69) is 10.3 Å². The Balaban J connectivity index is 2.13. The Labute approximate surface area is 188 Å². The van der Waals surface area contributed by atoms with Crippen LogP contribution < -0.4 is 16.8 Å². The summed E-state index contributed by atoms with van der Waals surface area (Å²) >= 11 is 1.27. The van der Waals surface area contributed by atoms with Gasteiger partial charge in [0, 0.05) is 18.2 Å². The van der Waals surface area contributed by atoms with Gasteiger partial charge >= 0.3 is 0 Å². The third-order valence-electron chi connectivity index (χ3n) is 6.00. The zero-order chi connectivity index (χ0) is 23.0. The first-order valence-corrected chi connectivity index (χ1v) is 12.2. The second-order valence-electron chi connectivity index (χ2n) is 9.29. The molecule has 8 nitrogen and oxygen atoms in total. The van der Waals surface area contributed by atoms with Crippen LogP contribution in [-0.2, 0) is 16.0 Å². The molecule has 0 bridgehead atoms. The van der Waals surface area contributed by atoms with Gasteiger partial charge < -0.3 is 27.0 Å². The molecule has 1 aromatic heterocycles. The van der Waals surface area contributed by atoms with Crippen LogP contribution in [0.4, 0.5) is 5.13 Å². The van der Waals surface area contributed by atoms with Crippen molar-refractivity contribution >= 4 is 28.3 Å². The Bertz CT molecular complexity index is 705. The van der Waals surface area contributed by atoms with Crippen molar-refractivity contribution in [2.24, 2.45) is 23.5 Å². The van der Waals surface area contributed by atoms with Gasteiger partial charge in [-0.15, -0.1) is 11.3 Å². The predicted octanol–water partition coefficient (Wildman–Crippen LogP) is 1.98. The highest BCUT2D eigenvalue weighted by Crippen LogP contribution is 2.29. The Morgan fingerprint density at radius 2 is 1.94 bits per heavy atom. The maximum Gasteiger partial charge on any atom is 0.224 e. The molecule has 1 aliphatic rings. The number of primary amides is 1. The molecule has 0 aromatic carbocycles. The molecule has 4 atom stereocenters. The van der Waals surface area contributed by atoms with Crippen LogP contribution in [0.3, 0.4) is 0 Å². The standard InChI is InChI=1S/C22H38N4O4S/c1-13(2)8-18(27)20(29)17(9-14-6-4-3-5-7-14)26-21(30)15(11-19(23)28)10-16-12-31-22(24)25-16/h12-15,17-18,20,27,29H,3-11H2,1-2H3,(H2,23,28)(H2,24,25)(H,26,30)/t15-,17+,18+,20-/m1/s1. The fourth-order valence-electron chi connectivity index (χ4n) is 4.43. The van der Waals surface area contributed by atoms with Crippen LogP contribution in [-0.4, -0.2) is 45.3 Å². The highest BCUT2D eigenvalue weighted by atomic mass is 32.1. The normalized spacial score (nSPS) is 19.0. The van der Waals surface area contributed by atoms with Crippen LogP contribution in [0, 0.1) is 17.8 Å². The molecule has 1 aliphatic carbocycles. The number of nitrogens with zero attached hydrogens (tertiary/aromatic N) is 1. The lowest BCUT2D eigenvalue weighted by Crippen LogP contribution is -2.51. The van der Waals surface area contributed by atoms with Crippen LogP contribution >= 0.6 is 11.3 Å². The summed E-state index contributed by atoms with van der Waals surface area (Å²) in [5, 5.41) is 26.5. The van der Waals surface area contributed by atoms with E-state index in [1.165, 1.54) is 17.8 Å². The van der Waals surface area contributed by atoms with Gasteiger partial charge in [0.2, 0.25) is 11.8 Å². The lowest BCUT2D eigenvalue weighted by molar-refractivity contribution is -0.131. The van der Waals surface area contributed by atoms with E-state index >= 15 is 0 Å². The number of nitrogens with one attached hydrogen (secondary N) is 1. The minimum atomic E-state index is -1.07. The van der Waals surface area contributed by atoms with Crippen LogP contribution in [0.2, 0.25) is 0 Å². The van der Waals surface area contributed by atoms with Gasteiger partial charge in [-0.3, -0.25) is 9.59 Å². The summed E-state index contributed by atoms with van der Waals surface area (Å²) < 4.78 is 0. The van der Waals surface area contributed by atoms with Gasteiger partial charge in [0.25, 0.3) is 0 Å². The first kappa shape index (κ1) is 25.5. The number of aromatic nitrogens is 1. The molecule has 0 radical (unpaired) electrons. The van der Waals surface area contributed by atoms with Gasteiger partial charge in [0.05, 0.1) is 23.8 Å². The van der Waals surface area contributed by atoms with Gasteiger partial charge in [0.15, 0.2) is 5.13 Å². The Morgan fingerprint density at radius 3 is 2.48 bits per heavy atom. The molecule has 1 heterocycles. The van der Waals surface area contributed by atoms with Crippen molar-refractivity contribution in [3.8, 4) is 0 Å². The summed E-state index contributed by atoms with van der Waals surface area (Å²) in [6, 6.07) is -0.583. The molecule has 2 rings (SSSR count). The number of hydrogen-bond acceptors (Lipinski definition) is 7. The molecule has 0 unspecified atom stereocenters. The number of aliphatic hydroxyl groups excluding tert-OH is 2. The Hall–Kier alpha value is -1.71. The molecule has 1 fully saturated rings. The zero-order valence-corrected chi connectivity index (χ0v) is 19.4. The van der Waals surface area contributed by atoms with Crippen molar-refractivity contribution in [2.75, 3.05) is 5.73 Å². The minimum absolute atomic E-state index is 0.121.